The summed E-state index contributed by atoms with van der Waals surface area (Å²) in [5.74, 6) is -20.7. The Morgan fingerprint density at radius 3 is 1.84 bits per heavy atom. The molecule has 0 aromatic heterocycles. The van der Waals surface area contributed by atoms with Gasteiger partial charge in [0.15, 0.2) is 5.78 Å². The topological polar surface area (TPSA) is 229 Å². The minimum atomic E-state index is -4.60. The highest BCUT2D eigenvalue weighted by Gasteiger charge is 2.89. The van der Waals surface area contributed by atoms with Crippen LogP contribution in [0, 0.1) is 5.82 Å². The van der Waals surface area contributed by atoms with Crippen molar-refractivity contribution in [3.8, 4) is 5.75 Å². The van der Waals surface area contributed by atoms with Crippen LogP contribution >= 0.6 is 0 Å². The van der Waals surface area contributed by atoms with Crippen molar-refractivity contribution >= 4 is 13.6 Å². The SMILES string of the molecule is [B]C1(O)C(O)(O)C(O)(O)C(O)(COc2cc(F)c(C(C)=O)cc2C2CC2)C(O)(O)C1(O)O. The maximum Gasteiger partial charge on any atom is 0.259 e. The van der Waals surface area contributed by atoms with Crippen LogP contribution in [-0.4, -0.2) is 106 Å². The molecule has 0 atom stereocenters. The zero-order valence-electron chi connectivity index (χ0n) is 16.6. The molecule has 1 aromatic carbocycles. The standard InChI is InChI=1S/C18H22BFO12/c1-7(21)9-4-10(8-2-3-8)12(5-11(9)20)32-6-13(22)15(24,25)17(28,29)14(19,23)18(30,31)16(13,26)27/h4-5,8,22-31H,2-3,6H2,1H3. The second-order valence-corrected chi connectivity index (χ2v) is 8.30. The van der Waals surface area contributed by atoms with E-state index < -0.39 is 58.2 Å². The molecule has 3 rings (SSSR count). The number of ether oxygens (including phenoxy) is 1. The molecule has 2 fully saturated rings. The minimum Gasteiger partial charge on any atom is -0.490 e. The number of aliphatic hydroxyl groups is 10. The highest BCUT2D eigenvalue weighted by molar-refractivity contribution is 6.16. The summed E-state index contributed by atoms with van der Waals surface area (Å²) in [6, 6.07) is 1.84. The normalized spacial score (nSPS) is 32.4. The molecule has 14 heteroatoms. The van der Waals surface area contributed by atoms with E-state index in [1.807, 2.05) is 0 Å². The van der Waals surface area contributed by atoms with E-state index in [-0.39, 0.29) is 17.0 Å². The highest BCUT2D eigenvalue weighted by atomic mass is 19.1. The van der Waals surface area contributed by atoms with Crippen molar-refractivity contribution < 1.29 is 65.0 Å². The van der Waals surface area contributed by atoms with E-state index in [9.17, 15) is 60.3 Å². The molecule has 2 aliphatic carbocycles. The molecule has 176 valence electrons. The fraction of sp³-hybridized carbons (Fsp3) is 0.611. The Morgan fingerprint density at radius 2 is 1.44 bits per heavy atom. The fourth-order valence-corrected chi connectivity index (χ4v) is 3.66. The van der Waals surface area contributed by atoms with Crippen LogP contribution < -0.4 is 4.74 Å². The lowest BCUT2D eigenvalue weighted by atomic mass is 9.53. The van der Waals surface area contributed by atoms with Crippen LogP contribution in [0.15, 0.2) is 12.1 Å². The Morgan fingerprint density at radius 1 is 0.969 bits per heavy atom. The largest absolute Gasteiger partial charge is 0.490 e. The molecule has 0 spiro atoms. The third-order valence-electron chi connectivity index (χ3n) is 6.12. The lowest BCUT2D eigenvalue weighted by molar-refractivity contribution is -0.569. The van der Waals surface area contributed by atoms with Crippen molar-refractivity contribution in [1.29, 1.82) is 0 Å². The average Bonchev–Trinajstić information content (AvgIpc) is 3.49. The van der Waals surface area contributed by atoms with E-state index in [0.717, 1.165) is 13.0 Å². The Bertz CT molecular complexity index is 924. The summed E-state index contributed by atoms with van der Waals surface area (Å²) in [6.45, 7) is -0.635. The number of benzene rings is 1. The van der Waals surface area contributed by atoms with Crippen LogP contribution in [0.3, 0.4) is 0 Å². The number of hydrogen-bond acceptors (Lipinski definition) is 12. The van der Waals surface area contributed by atoms with Crippen LogP contribution in [0.5, 0.6) is 5.75 Å². The molecule has 2 aliphatic rings. The number of Topliss-reactive ketones (excluding diaryl/α,β-unsaturated/α-hetero) is 1. The van der Waals surface area contributed by atoms with E-state index in [2.05, 4.69) is 0 Å². The van der Waals surface area contributed by atoms with Crippen molar-refractivity contribution in [2.75, 3.05) is 6.61 Å². The number of rotatable bonds is 5. The van der Waals surface area contributed by atoms with Crippen molar-refractivity contribution in [2.45, 2.75) is 59.9 Å². The van der Waals surface area contributed by atoms with Crippen molar-refractivity contribution in [3.63, 3.8) is 0 Å². The van der Waals surface area contributed by atoms with Gasteiger partial charge in [0, 0.05) is 6.07 Å². The molecule has 0 aliphatic heterocycles. The molecule has 0 bridgehead atoms. The van der Waals surface area contributed by atoms with Gasteiger partial charge in [0.25, 0.3) is 11.6 Å². The van der Waals surface area contributed by atoms with Crippen molar-refractivity contribution in [2.24, 2.45) is 0 Å². The molecule has 1 aromatic rings. The predicted molar refractivity (Wildman–Crippen MR) is 98.2 cm³/mol. The van der Waals surface area contributed by atoms with Gasteiger partial charge in [-0.15, -0.1) is 0 Å². The van der Waals surface area contributed by atoms with Crippen LogP contribution in [0.25, 0.3) is 0 Å². The molecule has 12 nitrogen and oxygen atoms in total. The number of hydrogen-bond donors (Lipinski definition) is 10. The van der Waals surface area contributed by atoms with Gasteiger partial charge >= 0.3 is 0 Å². The van der Waals surface area contributed by atoms with Gasteiger partial charge in [-0.3, -0.25) is 4.79 Å². The minimum absolute atomic E-state index is 0.218. The molecule has 0 heterocycles. The Kier molecular flexibility index (Phi) is 5.37. The predicted octanol–water partition coefficient (Wildman–Crippen LogP) is -4.39. The Hall–Kier alpha value is -1.72. The zero-order valence-corrected chi connectivity index (χ0v) is 16.6. The number of carbonyl (C=O) groups is 1. The van der Waals surface area contributed by atoms with Crippen LogP contribution in [0.1, 0.15) is 41.6 Å². The third kappa shape index (κ3) is 2.90. The smallest absolute Gasteiger partial charge is 0.259 e. The molecule has 2 saturated carbocycles. The van der Waals surface area contributed by atoms with Gasteiger partial charge in [-0.25, -0.2) is 4.39 Å². The number of carbonyl (C=O) groups excluding carboxylic acids is 1. The summed E-state index contributed by atoms with van der Waals surface area (Å²) >= 11 is 0. The van der Waals surface area contributed by atoms with Crippen molar-refractivity contribution in [3.05, 3.63) is 29.1 Å². The summed E-state index contributed by atoms with van der Waals surface area (Å²) in [7, 11) is 4.93. The van der Waals surface area contributed by atoms with Crippen molar-refractivity contribution in [1.82, 2.24) is 0 Å². The van der Waals surface area contributed by atoms with Crippen LogP contribution in [0.2, 0.25) is 0 Å². The fourth-order valence-electron chi connectivity index (χ4n) is 3.66. The monoisotopic (exact) mass is 460 g/mol. The van der Waals surface area contributed by atoms with E-state index in [4.69, 9.17) is 12.6 Å². The summed E-state index contributed by atoms with van der Waals surface area (Å²) in [5.41, 5.74) is -8.62. The van der Waals surface area contributed by atoms with Gasteiger partial charge < -0.3 is 55.8 Å². The van der Waals surface area contributed by atoms with Gasteiger partial charge in [0.05, 0.1) is 5.56 Å². The van der Waals surface area contributed by atoms with E-state index in [0.29, 0.717) is 18.9 Å². The summed E-state index contributed by atoms with van der Waals surface area (Å²) in [4.78, 5) is 11.6. The maximum absolute atomic E-state index is 14.3. The molecule has 0 saturated heterocycles. The molecule has 0 unspecified atom stereocenters. The average molecular weight is 460 g/mol. The molecule has 2 radical (unpaired) electrons. The Balaban J connectivity index is 2.08. The number of ketones is 1. The lowest BCUT2D eigenvalue weighted by Gasteiger charge is -2.64. The first-order valence-corrected chi connectivity index (χ1v) is 9.27. The zero-order chi connectivity index (χ0) is 24.7. The van der Waals surface area contributed by atoms with Gasteiger partial charge in [0.2, 0.25) is 17.2 Å². The Labute approximate surface area is 180 Å². The van der Waals surface area contributed by atoms with Gasteiger partial charge in [-0.2, -0.15) is 0 Å². The van der Waals surface area contributed by atoms with E-state index in [1.165, 1.54) is 0 Å². The maximum atomic E-state index is 14.3. The third-order valence-corrected chi connectivity index (χ3v) is 6.12. The summed E-state index contributed by atoms with van der Waals surface area (Å²) in [6.07, 6.45) is 1.20. The van der Waals surface area contributed by atoms with E-state index >= 15 is 0 Å². The summed E-state index contributed by atoms with van der Waals surface area (Å²) in [5, 5.41) is 101. The van der Waals surface area contributed by atoms with Crippen LogP contribution in [-0.2, 0) is 0 Å². The second kappa shape index (κ2) is 6.90. The van der Waals surface area contributed by atoms with E-state index in [1.54, 1.807) is 0 Å². The number of halogens is 1. The molecule has 10 N–H and O–H groups in total. The molecular weight excluding hydrogens is 438 g/mol. The van der Waals surface area contributed by atoms with Gasteiger partial charge in [0.1, 0.15) is 31.5 Å². The lowest BCUT2D eigenvalue weighted by Crippen LogP contribution is -2.96. The molecule has 32 heavy (non-hydrogen) atoms. The van der Waals surface area contributed by atoms with Gasteiger partial charge in [-0.05, 0) is 37.3 Å². The molecular formula is C18H22BFO12. The highest BCUT2D eigenvalue weighted by Crippen LogP contribution is 2.54. The first-order valence-electron chi connectivity index (χ1n) is 9.27. The first kappa shape index (κ1) is 24.9. The molecule has 0 amide bonds. The van der Waals surface area contributed by atoms with Gasteiger partial charge in [-0.1, -0.05) is 0 Å². The quantitative estimate of drug-likeness (QED) is 0.114. The summed E-state index contributed by atoms with van der Waals surface area (Å²) < 4.78 is 19.4. The second-order valence-electron chi connectivity index (χ2n) is 8.30. The first-order chi connectivity index (χ1) is 14.3. The van der Waals surface area contributed by atoms with Crippen LogP contribution in [0.4, 0.5) is 4.39 Å².